The molecule has 3 aromatic heterocycles. The number of aromatic nitrogens is 3. The normalized spacial score (nSPS) is 11.3. The molecule has 0 aliphatic rings. The van der Waals surface area contributed by atoms with Crippen molar-refractivity contribution < 1.29 is 17.4 Å². The second-order valence-electron chi connectivity index (χ2n) is 5.99. The molecular weight excluding hydrogens is 332 g/mol. The highest BCUT2D eigenvalue weighted by atomic mass is 35.5. The molecule has 25 heavy (non-hydrogen) atoms. The van der Waals surface area contributed by atoms with Crippen LogP contribution in [-0.4, -0.2) is 21.2 Å². The van der Waals surface area contributed by atoms with E-state index in [0.29, 0.717) is 0 Å². The van der Waals surface area contributed by atoms with Crippen LogP contribution in [0, 0.1) is 6.92 Å². The minimum atomic E-state index is 0. The first-order valence-corrected chi connectivity index (χ1v) is 8.29. The number of rotatable bonds is 4. The van der Waals surface area contributed by atoms with Crippen molar-refractivity contribution in [3.05, 3.63) is 65.6 Å². The third-order valence-corrected chi connectivity index (χ3v) is 4.60. The Morgan fingerprint density at radius 2 is 1.92 bits per heavy atom. The maximum Gasteiger partial charge on any atom is 0.227 e. The average Bonchev–Trinajstić information content (AvgIpc) is 3.33. The summed E-state index contributed by atoms with van der Waals surface area (Å²) in [5.74, 6) is 0. The van der Waals surface area contributed by atoms with Crippen molar-refractivity contribution in [2.45, 2.75) is 20.3 Å². The molecule has 0 saturated heterocycles. The Balaban J connectivity index is 0.00000182. The summed E-state index contributed by atoms with van der Waals surface area (Å²) in [7, 11) is 0. The van der Waals surface area contributed by atoms with Gasteiger partial charge in [-0.1, -0.05) is 19.1 Å². The molecule has 1 aromatic carbocycles. The Hall–Kier alpha value is -2.72. The third-order valence-electron chi connectivity index (χ3n) is 4.60. The van der Waals surface area contributed by atoms with Crippen molar-refractivity contribution in [1.29, 1.82) is 0 Å². The van der Waals surface area contributed by atoms with Crippen molar-refractivity contribution in [1.82, 2.24) is 15.0 Å². The van der Waals surface area contributed by atoms with Gasteiger partial charge in [0, 0.05) is 23.8 Å². The molecular formula is C20H21ClN4. The predicted octanol–water partition coefficient (Wildman–Crippen LogP) is 0.197. The second kappa shape index (κ2) is 7.03. The van der Waals surface area contributed by atoms with Gasteiger partial charge in [0.15, 0.2) is 6.21 Å². The number of halogens is 1. The summed E-state index contributed by atoms with van der Waals surface area (Å²) in [6.45, 7) is 4.37. The molecule has 3 heterocycles. The van der Waals surface area contributed by atoms with Crippen LogP contribution in [0.25, 0.3) is 22.3 Å². The van der Waals surface area contributed by atoms with Crippen molar-refractivity contribution >= 4 is 22.8 Å². The molecule has 4 nitrogen and oxygen atoms in total. The third kappa shape index (κ3) is 3.01. The molecule has 0 unspecified atom stereocenters. The second-order valence-corrected chi connectivity index (χ2v) is 5.99. The first kappa shape index (κ1) is 17.1. The van der Waals surface area contributed by atoms with Crippen LogP contribution in [0.4, 0.5) is 5.69 Å². The smallest absolute Gasteiger partial charge is 0.227 e. The van der Waals surface area contributed by atoms with Gasteiger partial charge in [-0.15, -0.1) is 0 Å². The first-order chi connectivity index (χ1) is 11.8. The minimum absolute atomic E-state index is 0. The summed E-state index contributed by atoms with van der Waals surface area (Å²) < 4.78 is 0. The molecule has 0 bridgehead atoms. The number of hydrogen-bond acceptors (Lipinski definition) is 0. The summed E-state index contributed by atoms with van der Waals surface area (Å²) in [4.78, 5) is 13.6. The SMILES string of the molecule is CCc1c(-c2ccc[nH]2)[nH]c(C=[NH+]c2cccc3cc[nH]c23)c1C.[Cl-]. The topological polar surface area (TPSA) is 61.3 Å². The molecule has 4 rings (SSSR count). The van der Waals surface area contributed by atoms with Gasteiger partial charge in [-0.25, -0.2) is 4.99 Å². The number of aromatic amines is 3. The van der Waals surface area contributed by atoms with Crippen molar-refractivity contribution in [2.75, 3.05) is 0 Å². The molecule has 5 heteroatoms. The van der Waals surface area contributed by atoms with Crippen LogP contribution in [0.2, 0.25) is 0 Å². The molecule has 0 spiro atoms. The van der Waals surface area contributed by atoms with Gasteiger partial charge in [0.1, 0.15) is 11.2 Å². The molecule has 4 N–H and O–H groups in total. The molecule has 4 aromatic rings. The lowest BCUT2D eigenvalue weighted by atomic mass is 10.1. The molecule has 0 aliphatic heterocycles. The van der Waals surface area contributed by atoms with Gasteiger partial charge >= 0.3 is 0 Å². The molecule has 0 radical (unpaired) electrons. The maximum atomic E-state index is 3.56. The lowest BCUT2D eigenvalue weighted by molar-refractivity contribution is -0.345. The fraction of sp³-hybridized carbons (Fsp3) is 0.150. The van der Waals surface area contributed by atoms with E-state index in [1.165, 1.54) is 22.2 Å². The first-order valence-electron chi connectivity index (χ1n) is 8.29. The largest absolute Gasteiger partial charge is 1.00 e. The van der Waals surface area contributed by atoms with E-state index >= 15 is 0 Å². The summed E-state index contributed by atoms with van der Waals surface area (Å²) in [6.07, 6.45) is 6.97. The number of fused-ring (bicyclic) bond motifs is 1. The lowest BCUT2D eigenvalue weighted by Gasteiger charge is -1.99. The van der Waals surface area contributed by atoms with Gasteiger partial charge < -0.3 is 27.4 Å². The van der Waals surface area contributed by atoms with E-state index in [-0.39, 0.29) is 12.4 Å². The van der Waals surface area contributed by atoms with Gasteiger partial charge in [-0.05, 0) is 42.7 Å². The van der Waals surface area contributed by atoms with Crippen molar-refractivity contribution in [3.63, 3.8) is 0 Å². The molecule has 0 aliphatic carbocycles. The summed E-state index contributed by atoms with van der Waals surface area (Å²) in [6, 6.07) is 12.5. The van der Waals surface area contributed by atoms with E-state index in [0.717, 1.165) is 29.0 Å². The molecule has 0 atom stereocenters. The zero-order chi connectivity index (χ0) is 16.5. The quantitative estimate of drug-likeness (QED) is 0.379. The molecule has 0 amide bonds. The average molecular weight is 353 g/mol. The van der Waals surface area contributed by atoms with Crippen LogP contribution < -0.4 is 17.4 Å². The van der Waals surface area contributed by atoms with Crippen molar-refractivity contribution in [2.24, 2.45) is 0 Å². The van der Waals surface area contributed by atoms with Crippen LogP contribution in [0.1, 0.15) is 23.7 Å². The highest BCUT2D eigenvalue weighted by molar-refractivity contribution is 5.88. The number of hydrogen-bond donors (Lipinski definition) is 4. The Morgan fingerprint density at radius 1 is 1.04 bits per heavy atom. The summed E-state index contributed by atoms with van der Waals surface area (Å²) in [5.41, 5.74) is 8.24. The van der Waals surface area contributed by atoms with E-state index in [9.17, 15) is 0 Å². The number of nitrogens with one attached hydrogen (secondary N) is 4. The summed E-state index contributed by atoms with van der Waals surface area (Å²) >= 11 is 0. The van der Waals surface area contributed by atoms with Gasteiger partial charge in [0.25, 0.3) is 0 Å². The zero-order valence-corrected chi connectivity index (χ0v) is 15.0. The van der Waals surface area contributed by atoms with Crippen LogP contribution in [0.15, 0.2) is 48.8 Å². The highest BCUT2D eigenvalue weighted by Crippen LogP contribution is 2.26. The predicted molar refractivity (Wildman–Crippen MR) is 98.8 cm³/mol. The molecule has 0 saturated carbocycles. The molecule has 128 valence electrons. The highest BCUT2D eigenvalue weighted by Gasteiger charge is 2.15. The van der Waals surface area contributed by atoms with E-state index < -0.39 is 0 Å². The van der Waals surface area contributed by atoms with E-state index in [2.05, 4.69) is 70.3 Å². The van der Waals surface area contributed by atoms with E-state index in [4.69, 9.17) is 0 Å². The van der Waals surface area contributed by atoms with Crippen LogP contribution in [0.5, 0.6) is 0 Å². The number of para-hydroxylation sites is 1. The minimum Gasteiger partial charge on any atom is -1.00 e. The van der Waals surface area contributed by atoms with Gasteiger partial charge in [-0.2, -0.15) is 0 Å². The zero-order valence-electron chi connectivity index (χ0n) is 14.3. The Morgan fingerprint density at radius 3 is 2.68 bits per heavy atom. The van der Waals surface area contributed by atoms with Gasteiger partial charge in [0.05, 0.1) is 11.4 Å². The Kier molecular flexibility index (Phi) is 4.81. The fourth-order valence-electron chi connectivity index (χ4n) is 3.31. The lowest BCUT2D eigenvalue weighted by Crippen LogP contribution is -3.00. The number of benzene rings is 1. The van der Waals surface area contributed by atoms with E-state index in [1.807, 2.05) is 18.5 Å². The van der Waals surface area contributed by atoms with Gasteiger partial charge in [0.2, 0.25) is 5.69 Å². The summed E-state index contributed by atoms with van der Waals surface area (Å²) in [5, 5.41) is 1.21. The van der Waals surface area contributed by atoms with Crippen LogP contribution >= 0.6 is 0 Å². The fourth-order valence-corrected chi connectivity index (χ4v) is 3.31. The standard InChI is InChI=1S/C20H20N4.ClH/c1-3-15-13(2)18(24-20(15)17-8-5-10-21-17)12-23-16-7-4-6-14-9-11-22-19(14)16;/h4-12,21-22,24H,3H2,1-2H3;1H. The Labute approximate surface area is 152 Å². The monoisotopic (exact) mass is 352 g/mol. The van der Waals surface area contributed by atoms with Gasteiger partial charge in [-0.3, -0.25) is 0 Å². The van der Waals surface area contributed by atoms with Crippen molar-refractivity contribution in [3.8, 4) is 11.4 Å². The van der Waals surface area contributed by atoms with E-state index in [1.54, 1.807) is 0 Å². The maximum absolute atomic E-state index is 3.56. The van der Waals surface area contributed by atoms with Crippen LogP contribution in [0.3, 0.4) is 0 Å². The number of H-pyrrole nitrogens is 3. The van der Waals surface area contributed by atoms with Crippen LogP contribution in [-0.2, 0) is 6.42 Å². The molecule has 0 fully saturated rings. The Bertz CT molecular complexity index is 1010.